The number of thiophene rings is 1. The van der Waals surface area contributed by atoms with Crippen LogP contribution in [-0.2, 0) is 0 Å². The van der Waals surface area contributed by atoms with E-state index in [0.717, 1.165) is 55.2 Å². The first kappa shape index (κ1) is 34.9. The molecule has 0 spiro atoms. The zero-order valence-electron chi connectivity index (χ0n) is 35.2. The lowest BCUT2D eigenvalue weighted by molar-refractivity contribution is 1.02. The molecule has 0 unspecified atom stereocenters. The average Bonchev–Trinajstić information content (AvgIpc) is 4.10. The van der Waals surface area contributed by atoms with E-state index >= 15 is 0 Å². The van der Waals surface area contributed by atoms with Crippen LogP contribution >= 0.6 is 11.3 Å². The number of benzene rings is 10. The maximum atomic E-state index is 5.64. The molecule has 0 fully saturated rings. The minimum absolute atomic E-state index is 0.666. The van der Waals surface area contributed by atoms with E-state index in [2.05, 4.69) is 214 Å². The van der Waals surface area contributed by atoms with Gasteiger partial charge in [-0.2, -0.15) is 0 Å². The predicted molar refractivity (Wildman–Crippen MR) is 278 cm³/mol. The summed E-state index contributed by atoms with van der Waals surface area (Å²) in [5.74, 6) is 0.666. The summed E-state index contributed by atoms with van der Waals surface area (Å²) in [6, 6.07) is 73.1. The number of hydrogen-bond acceptors (Lipinski definition) is 3. The van der Waals surface area contributed by atoms with E-state index in [4.69, 9.17) is 9.97 Å². The van der Waals surface area contributed by atoms with E-state index in [1.807, 2.05) is 11.3 Å². The van der Waals surface area contributed by atoms with Gasteiger partial charge in [-0.15, -0.1) is 11.3 Å². The first-order valence-corrected chi connectivity index (χ1v) is 23.3. The van der Waals surface area contributed by atoms with E-state index in [0.29, 0.717) is 5.95 Å². The molecule has 0 saturated heterocycles. The highest BCUT2D eigenvalue weighted by Crippen LogP contribution is 2.50. The molecule has 16 aromatic rings. The fraction of sp³-hybridized carbons (Fsp3) is 0. The van der Waals surface area contributed by atoms with Gasteiger partial charge in [0.05, 0.1) is 49.8 Å². The van der Waals surface area contributed by atoms with Gasteiger partial charge >= 0.3 is 0 Å². The monoisotopic (exact) mass is 855 g/mol. The maximum absolute atomic E-state index is 5.64. The molecule has 10 aromatic carbocycles. The standard InChI is InChI=1S/C60H33N5S/c1-2-12-38(13-3-1)63-45-17-8-6-15-40(45)42-27-26-37(33-50(42)63)34-21-23-36(24-22-34)57-44-28-25-35-11-4-5-14-39(35)58(44)62-60(61-57)65-48-31-32-52-56-53-47(19-10-20-51(53)66-52)64-46-18-9-7-16-41(46)43-29-30-49(65)55(54(48)56)59(43)64/h1-33H. The van der Waals surface area contributed by atoms with Crippen LogP contribution in [0.4, 0.5) is 0 Å². The highest BCUT2D eigenvalue weighted by atomic mass is 32.1. The number of nitrogens with zero attached hydrogens (tertiary/aromatic N) is 5. The Morgan fingerprint density at radius 3 is 1.88 bits per heavy atom. The Bertz CT molecular complexity index is 4680. The molecule has 6 aromatic heterocycles. The van der Waals surface area contributed by atoms with E-state index < -0.39 is 0 Å². The minimum Gasteiger partial charge on any atom is -0.309 e. The Balaban J connectivity index is 0.950. The molecule has 0 bridgehead atoms. The summed E-state index contributed by atoms with van der Waals surface area (Å²) in [5.41, 5.74) is 14.7. The summed E-state index contributed by atoms with van der Waals surface area (Å²) >= 11 is 1.88. The number of para-hydroxylation sites is 3. The van der Waals surface area contributed by atoms with E-state index in [1.54, 1.807) is 0 Å². The Labute approximate surface area is 379 Å². The molecule has 6 heterocycles. The highest BCUT2D eigenvalue weighted by molar-refractivity contribution is 7.26. The van der Waals surface area contributed by atoms with E-state index in [-0.39, 0.29) is 0 Å². The Morgan fingerprint density at radius 2 is 1.00 bits per heavy atom. The summed E-state index contributed by atoms with van der Waals surface area (Å²) in [7, 11) is 0. The quantitative estimate of drug-likeness (QED) is 0.165. The molecule has 0 N–H and O–H groups in total. The van der Waals surface area contributed by atoms with Crippen LogP contribution in [0.1, 0.15) is 0 Å². The third-order valence-corrected chi connectivity index (χ3v) is 15.5. The van der Waals surface area contributed by atoms with Crippen molar-refractivity contribution >= 4 is 124 Å². The second-order valence-corrected chi connectivity index (χ2v) is 18.8. The van der Waals surface area contributed by atoms with Crippen LogP contribution in [0.5, 0.6) is 0 Å². The number of rotatable bonds is 4. The number of hydrogen-bond donors (Lipinski definition) is 0. The van der Waals surface area contributed by atoms with Crippen LogP contribution in [0, 0.1) is 0 Å². The molecular weight excluding hydrogens is 823 g/mol. The maximum Gasteiger partial charge on any atom is 0.235 e. The van der Waals surface area contributed by atoms with Crippen molar-refractivity contribution in [1.29, 1.82) is 0 Å². The van der Waals surface area contributed by atoms with Crippen LogP contribution < -0.4 is 0 Å². The van der Waals surface area contributed by atoms with Crippen molar-refractivity contribution in [2.45, 2.75) is 0 Å². The molecule has 0 saturated carbocycles. The highest BCUT2D eigenvalue weighted by Gasteiger charge is 2.27. The van der Waals surface area contributed by atoms with Crippen molar-refractivity contribution in [3.8, 4) is 34.0 Å². The van der Waals surface area contributed by atoms with Gasteiger partial charge in [0, 0.05) is 74.5 Å². The van der Waals surface area contributed by atoms with Gasteiger partial charge < -0.3 is 8.97 Å². The molecule has 0 aliphatic heterocycles. The third-order valence-electron chi connectivity index (χ3n) is 14.4. The molecule has 0 aliphatic rings. The van der Waals surface area contributed by atoms with Crippen molar-refractivity contribution < 1.29 is 0 Å². The van der Waals surface area contributed by atoms with E-state index in [9.17, 15) is 0 Å². The van der Waals surface area contributed by atoms with Crippen LogP contribution in [0.25, 0.3) is 147 Å². The number of fused-ring (bicyclic) bond motifs is 10. The zero-order chi connectivity index (χ0) is 42.8. The Hall–Kier alpha value is -8.58. The summed E-state index contributed by atoms with van der Waals surface area (Å²) < 4.78 is 9.83. The van der Waals surface area contributed by atoms with Crippen LogP contribution in [0.2, 0.25) is 0 Å². The molecule has 0 aliphatic carbocycles. The molecule has 5 nitrogen and oxygen atoms in total. The Morgan fingerprint density at radius 1 is 0.348 bits per heavy atom. The first-order valence-electron chi connectivity index (χ1n) is 22.5. The minimum atomic E-state index is 0.666. The normalized spacial score (nSPS) is 12.5. The molecule has 0 amide bonds. The fourth-order valence-electron chi connectivity index (χ4n) is 11.6. The third kappa shape index (κ3) is 4.43. The number of aromatic nitrogens is 5. The van der Waals surface area contributed by atoms with Crippen molar-refractivity contribution in [2.75, 3.05) is 0 Å². The van der Waals surface area contributed by atoms with Crippen molar-refractivity contribution in [1.82, 2.24) is 23.5 Å². The van der Waals surface area contributed by atoms with Gasteiger partial charge in [-0.1, -0.05) is 133 Å². The van der Waals surface area contributed by atoms with E-state index in [1.165, 1.54) is 85.6 Å². The smallest absolute Gasteiger partial charge is 0.235 e. The molecule has 6 heteroatoms. The van der Waals surface area contributed by atoms with Crippen molar-refractivity contribution in [3.63, 3.8) is 0 Å². The SMILES string of the molecule is c1ccc(-n2c3ccccc3c3ccc(-c4ccc(-c5nc(-n6c7ccc8sc9cccc%10c9c8c7c7c6ccc6c8ccccc8n%10c67)nc6c5ccc5ccccc56)cc4)cc32)cc1. The summed E-state index contributed by atoms with van der Waals surface area (Å²) in [6.07, 6.45) is 0. The largest absolute Gasteiger partial charge is 0.309 e. The van der Waals surface area contributed by atoms with Crippen LogP contribution in [-0.4, -0.2) is 23.5 Å². The van der Waals surface area contributed by atoms with Crippen molar-refractivity contribution in [3.05, 3.63) is 200 Å². The van der Waals surface area contributed by atoms with Gasteiger partial charge in [0.2, 0.25) is 5.95 Å². The Kier molecular flexibility index (Phi) is 6.64. The molecule has 66 heavy (non-hydrogen) atoms. The van der Waals surface area contributed by atoms with Gasteiger partial charge in [0.25, 0.3) is 0 Å². The van der Waals surface area contributed by atoms with Gasteiger partial charge in [-0.25, -0.2) is 9.97 Å². The topological polar surface area (TPSA) is 40.0 Å². The zero-order valence-corrected chi connectivity index (χ0v) is 36.0. The van der Waals surface area contributed by atoms with Crippen molar-refractivity contribution in [2.24, 2.45) is 0 Å². The fourth-order valence-corrected chi connectivity index (χ4v) is 12.7. The first-order chi connectivity index (χ1) is 32.7. The molecule has 0 radical (unpaired) electrons. The van der Waals surface area contributed by atoms with Gasteiger partial charge in [-0.3, -0.25) is 4.57 Å². The predicted octanol–water partition coefficient (Wildman–Crippen LogP) is 16.1. The van der Waals surface area contributed by atoms with Crippen LogP contribution in [0.3, 0.4) is 0 Å². The van der Waals surface area contributed by atoms with Gasteiger partial charge in [0.1, 0.15) is 0 Å². The summed E-state index contributed by atoms with van der Waals surface area (Å²) in [6.45, 7) is 0. The second-order valence-electron chi connectivity index (χ2n) is 17.7. The molecule has 0 atom stereocenters. The van der Waals surface area contributed by atoms with Crippen LogP contribution in [0.15, 0.2) is 200 Å². The molecule has 16 rings (SSSR count). The second kappa shape index (κ2) is 12.6. The lowest BCUT2D eigenvalue weighted by Crippen LogP contribution is -2.04. The summed E-state index contributed by atoms with van der Waals surface area (Å²) in [4.78, 5) is 11.2. The average molecular weight is 856 g/mol. The van der Waals surface area contributed by atoms with Gasteiger partial charge in [-0.05, 0) is 83.2 Å². The van der Waals surface area contributed by atoms with Gasteiger partial charge in [0.15, 0.2) is 0 Å². The lowest BCUT2D eigenvalue weighted by Gasteiger charge is -2.14. The molecular formula is C60H33N5S. The summed E-state index contributed by atoms with van der Waals surface area (Å²) in [5, 5.41) is 13.4. The lowest BCUT2D eigenvalue weighted by atomic mass is 9.98. The molecule has 304 valence electrons.